The molecular formula is C23H30N6O3S. The largest absolute Gasteiger partial charge is 0.369 e. The fourth-order valence-electron chi connectivity index (χ4n) is 5.01. The van der Waals surface area contributed by atoms with E-state index in [1.807, 2.05) is 37.4 Å². The van der Waals surface area contributed by atoms with E-state index in [1.54, 1.807) is 0 Å². The maximum absolute atomic E-state index is 12.3. The molecule has 2 N–H and O–H groups in total. The number of piperidine rings is 1. The maximum Gasteiger partial charge on any atom is 0.229 e. The van der Waals surface area contributed by atoms with Crippen molar-refractivity contribution in [3.05, 3.63) is 36.0 Å². The number of hydrogen-bond acceptors (Lipinski definition) is 8. The molecule has 1 aromatic carbocycles. The van der Waals surface area contributed by atoms with Gasteiger partial charge in [0.05, 0.1) is 16.9 Å². The van der Waals surface area contributed by atoms with Crippen molar-refractivity contribution in [3.63, 3.8) is 0 Å². The minimum atomic E-state index is -2.89. The van der Waals surface area contributed by atoms with Crippen LogP contribution in [0.15, 0.2) is 30.5 Å². The molecular weight excluding hydrogens is 440 g/mol. The first-order chi connectivity index (χ1) is 15.8. The number of amides is 1. The molecule has 5 rings (SSSR count). The molecule has 4 heterocycles. The number of anilines is 4. The summed E-state index contributed by atoms with van der Waals surface area (Å²) in [5.41, 5.74) is 2.71. The van der Waals surface area contributed by atoms with Crippen LogP contribution in [-0.4, -0.2) is 68.5 Å². The third-order valence-electron chi connectivity index (χ3n) is 7.17. The molecule has 176 valence electrons. The van der Waals surface area contributed by atoms with Crippen LogP contribution in [0.4, 0.5) is 23.1 Å². The fraction of sp³-hybridized carbons (Fsp3) is 0.522. The van der Waals surface area contributed by atoms with Crippen molar-refractivity contribution in [2.24, 2.45) is 5.41 Å². The number of aryl methyl sites for hydroxylation is 1. The van der Waals surface area contributed by atoms with Gasteiger partial charge in [0.25, 0.3) is 0 Å². The summed E-state index contributed by atoms with van der Waals surface area (Å²) in [6.45, 7) is 5.47. The molecule has 2 aromatic rings. The zero-order valence-corrected chi connectivity index (χ0v) is 19.7. The van der Waals surface area contributed by atoms with Gasteiger partial charge < -0.3 is 20.4 Å². The first-order valence-corrected chi connectivity index (χ1v) is 13.4. The Hall–Kier alpha value is -2.88. The molecule has 0 atom stereocenters. The second-order valence-corrected chi connectivity index (χ2v) is 11.6. The number of aromatic nitrogens is 2. The molecule has 3 aliphatic heterocycles. The summed E-state index contributed by atoms with van der Waals surface area (Å²) < 4.78 is 23.3. The van der Waals surface area contributed by atoms with Crippen LogP contribution in [-0.2, 0) is 14.6 Å². The smallest absolute Gasteiger partial charge is 0.229 e. The van der Waals surface area contributed by atoms with Gasteiger partial charge in [-0.25, -0.2) is 13.4 Å². The maximum atomic E-state index is 12.3. The van der Waals surface area contributed by atoms with E-state index in [1.165, 1.54) is 0 Å². The summed E-state index contributed by atoms with van der Waals surface area (Å²) in [5.74, 6) is 2.06. The first-order valence-electron chi connectivity index (χ1n) is 11.5. The van der Waals surface area contributed by atoms with E-state index in [2.05, 4.69) is 25.4 Å². The van der Waals surface area contributed by atoms with Gasteiger partial charge in [-0.05, 0) is 50.5 Å². The highest BCUT2D eigenvalue weighted by atomic mass is 32.2. The van der Waals surface area contributed by atoms with Gasteiger partial charge in [0, 0.05) is 55.9 Å². The van der Waals surface area contributed by atoms with Crippen LogP contribution < -0.4 is 20.4 Å². The fourth-order valence-corrected chi connectivity index (χ4v) is 6.21. The van der Waals surface area contributed by atoms with Crippen LogP contribution in [0.1, 0.15) is 24.8 Å². The number of nitrogens with one attached hydrogen (secondary N) is 2. The van der Waals surface area contributed by atoms with Crippen molar-refractivity contribution in [1.82, 2.24) is 15.3 Å². The summed E-state index contributed by atoms with van der Waals surface area (Å²) in [5, 5.41) is 6.27. The van der Waals surface area contributed by atoms with E-state index < -0.39 is 9.84 Å². The van der Waals surface area contributed by atoms with Gasteiger partial charge in [-0.1, -0.05) is 0 Å². The van der Waals surface area contributed by atoms with Crippen LogP contribution >= 0.6 is 0 Å². The number of sulfone groups is 1. The normalized spacial score (nSPS) is 21.8. The van der Waals surface area contributed by atoms with E-state index in [9.17, 15) is 13.2 Å². The number of nitrogens with zero attached hydrogens (tertiary/aromatic N) is 4. The second-order valence-electron chi connectivity index (χ2n) is 9.28. The van der Waals surface area contributed by atoms with Crippen LogP contribution in [0.2, 0.25) is 0 Å². The van der Waals surface area contributed by atoms with Crippen LogP contribution in [0.25, 0.3) is 0 Å². The predicted molar refractivity (Wildman–Crippen MR) is 129 cm³/mol. The molecule has 3 aliphatic rings. The zero-order valence-electron chi connectivity index (χ0n) is 18.9. The molecule has 0 unspecified atom stereocenters. The number of benzene rings is 1. The highest BCUT2D eigenvalue weighted by Gasteiger charge is 2.44. The van der Waals surface area contributed by atoms with E-state index in [-0.39, 0.29) is 22.8 Å². The summed E-state index contributed by atoms with van der Waals surface area (Å²) >= 11 is 0. The summed E-state index contributed by atoms with van der Waals surface area (Å²) in [6, 6.07) is 7.91. The van der Waals surface area contributed by atoms with Gasteiger partial charge >= 0.3 is 0 Å². The molecule has 1 aromatic heterocycles. The van der Waals surface area contributed by atoms with E-state index >= 15 is 0 Å². The third-order valence-corrected chi connectivity index (χ3v) is 8.78. The highest BCUT2D eigenvalue weighted by Crippen LogP contribution is 2.39. The Morgan fingerprint density at radius 2 is 1.70 bits per heavy atom. The van der Waals surface area contributed by atoms with Crippen LogP contribution in [0, 0.1) is 12.3 Å². The van der Waals surface area contributed by atoms with Crippen molar-refractivity contribution in [2.75, 3.05) is 59.3 Å². The minimum absolute atomic E-state index is 0.196. The van der Waals surface area contributed by atoms with Gasteiger partial charge in [-0.15, -0.1) is 0 Å². The molecule has 3 saturated heterocycles. The molecule has 1 amide bonds. The van der Waals surface area contributed by atoms with Gasteiger partial charge in [0.2, 0.25) is 11.9 Å². The summed E-state index contributed by atoms with van der Waals surface area (Å²) in [4.78, 5) is 25.9. The Balaban J connectivity index is 1.25. The van der Waals surface area contributed by atoms with Crippen LogP contribution in [0.3, 0.4) is 0 Å². The average Bonchev–Trinajstić information content (AvgIpc) is 3.16. The Morgan fingerprint density at radius 1 is 1.00 bits per heavy atom. The molecule has 1 spiro atoms. The number of carbonyl (C=O) groups is 1. The molecule has 0 aliphatic carbocycles. The van der Waals surface area contributed by atoms with E-state index in [0.29, 0.717) is 19.0 Å². The highest BCUT2D eigenvalue weighted by molar-refractivity contribution is 7.91. The Bertz CT molecular complexity index is 1130. The molecule has 0 saturated carbocycles. The topological polar surface area (TPSA) is 108 Å². The lowest BCUT2D eigenvalue weighted by Crippen LogP contribution is -2.44. The molecule has 9 nitrogen and oxygen atoms in total. The third kappa shape index (κ3) is 4.48. The number of hydrogen-bond donors (Lipinski definition) is 2. The van der Waals surface area contributed by atoms with Crippen molar-refractivity contribution >= 4 is 38.9 Å². The monoisotopic (exact) mass is 470 g/mol. The lowest BCUT2D eigenvalue weighted by molar-refractivity contribution is -0.128. The molecule has 33 heavy (non-hydrogen) atoms. The second kappa shape index (κ2) is 8.48. The average molecular weight is 471 g/mol. The van der Waals surface area contributed by atoms with Crippen molar-refractivity contribution < 1.29 is 13.2 Å². The predicted octanol–water partition coefficient (Wildman–Crippen LogP) is 1.87. The molecule has 0 bridgehead atoms. The SMILES string of the molecule is Cc1cnc(Nc2ccc(N3CCS(=O)(=O)CC3)cc2)nc1N1CCC2(CCNC2=O)CC1. The van der Waals surface area contributed by atoms with Crippen molar-refractivity contribution in [2.45, 2.75) is 26.2 Å². The Labute approximate surface area is 194 Å². The molecule has 10 heteroatoms. The van der Waals surface area contributed by atoms with Crippen LogP contribution in [0.5, 0.6) is 0 Å². The summed E-state index contributed by atoms with van der Waals surface area (Å²) in [7, 11) is -2.89. The van der Waals surface area contributed by atoms with Gasteiger partial charge in [0.1, 0.15) is 5.82 Å². The van der Waals surface area contributed by atoms with E-state index in [4.69, 9.17) is 4.98 Å². The number of carbonyl (C=O) groups excluding carboxylic acids is 1. The lowest BCUT2D eigenvalue weighted by atomic mass is 9.77. The Morgan fingerprint density at radius 3 is 2.33 bits per heavy atom. The van der Waals surface area contributed by atoms with Crippen molar-refractivity contribution in [3.8, 4) is 0 Å². The molecule has 3 fully saturated rings. The quantitative estimate of drug-likeness (QED) is 0.697. The lowest BCUT2D eigenvalue weighted by Gasteiger charge is -2.38. The van der Waals surface area contributed by atoms with Crippen molar-refractivity contribution in [1.29, 1.82) is 0 Å². The number of rotatable bonds is 4. The van der Waals surface area contributed by atoms with E-state index in [0.717, 1.165) is 61.7 Å². The zero-order chi connectivity index (χ0) is 23.1. The Kier molecular flexibility index (Phi) is 5.64. The first kappa shape index (κ1) is 21.9. The van der Waals surface area contributed by atoms with Gasteiger partial charge in [-0.3, -0.25) is 4.79 Å². The van der Waals surface area contributed by atoms with Gasteiger partial charge in [0.15, 0.2) is 9.84 Å². The standard InChI is InChI=1S/C23H30N6O3S/c1-17-16-25-22(27-20(17)29-10-7-23(8-11-29)6-9-24-21(23)30)26-18-2-4-19(5-3-18)28-12-14-33(31,32)15-13-28/h2-5,16H,6-15H2,1H3,(H,24,30)(H,25,26,27). The minimum Gasteiger partial charge on any atom is -0.369 e. The summed E-state index contributed by atoms with van der Waals surface area (Å²) in [6.07, 6.45) is 4.47. The van der Waals surface area contributed by atoms with Gasteiger partial charge in [-0.2, -0.15) is 4.98 Å². The molecule has 0 radical (unpaired) electrons.